The summed E-state index contributed by atoms with van der Waals surface area (Å²) in [5, 5.41) is 4.77. The van der Waals surface area contributed by atoms with E-state index >= 15 is 0 Å². The van der Waals surface area contributed by atoms with E-state index in [-0.39, 0.29) is 6.04 Å². The minimum absolute atomic E-state index is 0.209. The van der Waals surface area contributed by atoms with Crippen LogP contribution in [0.5, 0.6) is 0 Å². The number of nitrogens with two attached hydrogens (primary N) is 1. The fraction of sp³-hybridized carbons (Fsp3) is 0.429. The Morgan fingerprint density at radius 3 is 2.82 bits per heavy atom. The second kappa shape index (κ2) is 5.34. The Hall–Kier alpha value is -1.32. The molecular formula is C14H21N3. The first-order valence-electron chi connectivity index (χ1n) is 6.21. The summed E-state index contributed by atoms with van der Waals surface area (Å²) >= 11 is 0. The molecule has 0 amide bonds. The minimum atomic E-state index is 0.209. The van der Waals surface area contributed by atoms with Gasteiger partial charge in [-0.3, -0.25) is 0 Å². The molecule has 2 atom stereocenters. The quantitative estimate of drug-likeness (QED) is 0.737. The molecule has 17 heavy (non-hydrogen) atoms. The van der Waals surface area contributed by atoms with E-state index in [9.17, 15) is 0 Å². The normalized spacial score (nSPS) is 15.0. The van der Waals surface area contributed by atoms with Crippen LogP contribution >= 0.6 is 0 Å². The van der Waals surface area contributed by atoms with Gasteiger partial charge in [-0.1, -0.05) is 18.2 Å². The third-order valence-corrected chi connectivity index (χ3v) is 2.99. The predicted molar refractivity (Wildman–Crippen MR) is 73.1 cm³/mol. The van der Waals surface area contributed by atoms with Crippen LogP contribution in [0.4, 0.5) is 0 Å². The van der Waals surface area contributed by atoms with E-state index in [1.54, 1.807) is 0 Å². The van der Waals surface area contributed by atoms with Crippen molar-refractivity contribution < 1.29 is 0 Å². The molecule has 1 aromatic heterocycles. The van der Waals surface area contributed by atoms with Crippen molar-refractivity contribution in [3.05, 3.63) is 36.0 Å². The van der Waals surface area contributed by atoms with Crippen LogP contribution in [0.25, 0.3) is 10.9 Å². The maximum Gasteiger partial charge on any atom is 0.0456 e. The van der Waals surface area contributed by atoms with Gasteiger partial charge >= 0.3 is 0 Å². The lowest BCUT2D eigenvalue weighted by atomic mass is 10.1. The highest BCUT2D eigenvalue weighted by molar-refractivity contribution is 5.83. The largest absolute Gasteiger partial charge is 0.361 e. The van der Waals surface area contributed by atoms with Gasteiger partial charge in [0.15, 0.2) is 0 Å². The van der Waals surface area contributed by atoms with E-state index in [4.69, 9.17) is 5.73 Å². The number of rotatable bonds is 5. The Bertz CT molecular complexity index is 473. The fourth-order valence-electron chi connectivity index (χ4n) is 2.09. The Morgan fingerprint density at radius 2 is 2.06 bits per heavy atom. The molecule has 0 saturated heterocycles. The van der Waals surface area contributed by atoms with Gasteiger partial charge in [0.05, 0.1) is 0 Å². The van der Waals surface area contributed by atoms with Crippen LogP contribution in [-0.4, -0.2) is 23.6 Å². The second-order valence-corrected chi connectivity index (χ2v) is 4.85. The van der Waals surface area contributed by atoms with Crippen molar-refractivity contribution in [3.8, 4) is 0 Å². The van der Waals surface area contributed by atoms with E-state index < -0.39 is 0 Å². The van der Waals surface area contributed by atoms with Gasteiger partial charge in [0.2, 0.25) is 0 Å². The molecular weight excluding hydrogens is 210 g/mol. The number of para-hydroxylation sites is 1. The van der Waals surface area contributed by atoms with Gasteiger partial charge in [-0.05, 0) is 31.9 Å². The van der Waals surface area contributed by atoms with Crippen molar-refractivity contribution in [2.24, 2.45) is 5.73 Å². The molecule has 1 aromatic carbocycles. The molecule has 0 aliphatic rings. The summed E-state index contributed by atoms with van der Waals surface area (Å²) in [4.78, 5) is 3.31. The summed E-state index contributed by atoms with van der Waals surface area (Å²) in [5.74, 6) is 0. The van der Waals surface area contributed by atoms with Gasteiger partial charge in [0.25, 0.3) is 0 Å². The molecule has 0 saturated carbocycles. The predicted octanol–water partition coefficient (Wildman–Crippen LogP) is 2.04. The van der Waals surface area contributed by atoms with Crippen LogP contribution in [0.15, 0.2) is 30.5 Å². The average molecular weight is 231 g/mol. The molecule has 3 nitrogen and oxygen atoms in total. The molecule has 92 valence electrons. The van der Waals surface area contributed by atoms with Gasteiger partial charge in [-0.2, -0.15) is 0 Å². The molecule has 0 aliphatic carbocycles. The zero-order valence-corrected chi connectivity index (χ0v) is 10.5. The fourth-order valence-corrected chi connectivity index (χ4v) is 2.09. The number of hydrogen-bond acceptors (Lipinski definition) is 2. The zero-order valence-electron chi connectivity index (χ0n) is 10.5. The first-order valence-corrected chi connectivity index (χ1v) is 6.21. The molecule has 1 heterocycles. The van der Waals surface area contributed by atoms with E-state index in [0.29, 0.717) is 6.04 Å². The molecule has 0 fully saturated rings. The van der Waals surface area contributed by atoms with Crippen LogP contribution in [-0.2, 0) is 6.42 Å². The van der Waals surface area contributed by atoms with E-state index in [1.807, 2.05) is 6.92 Å². The topological polar surface area (TPSA) is 53.8 Å². The average Bonchev–Trinajstić information content (AvgIpc) is 2.70. The van der Waals surface area contributed by atoms with Crippen molar-refractivity contribution in [2.45, 2.75) is 32.4 Å². The lowest BCUT2D eigenvalue weighted by Gasteiger charge is -2.15. The lowest BCUT2D eigenvalue weighted by molar-refractivity contribution is 0.515. The summed E-state index contributed by atoms with van der Waals surface area (Å²) in [6.07, 6.45) is 3.13. The number of aromatic amines is 1. The van der Waals surface area contributed by atoms with Gasteiger partial charge in [-0.25, -0.2) is 0 Å². The number of nitrogens with one attached hydrogen (secondary N) is 2. The van der Waals surface area contributed by atoms with E-state index in [0.717, 1.165) is 13.0 Å². The Kier molecular flexibility index (Phi) is 3.82. The Balaban J connectivity index is 2.03. The summed E-state index contributed by atoms with van der Waals surface area (Å²) in [6, 6.07) is 9.07. The molecule has 0 aliphatic heterocycles. The second-order valence-electron chi connectivity index (χ2n) is 4.85. The SMILES string of the molecule is CC(N)CNC(C)Cc1c[nH]c2ccccc12. The Labute approximate surface area is 102 Å². The molecule has 2 unspecified atom stereocenters. The lowest BCUT2D eigenvalue weighted by Crippen LogP contribution is -2.37. The Morgan fingerprint density at radius 1 is 1.29 bits per heavy atom. The highest BCUT2D eigenvalue weighted by Gasteiger charge is 2.08. The summed E-state index contributed by atoms with van der Waals surface area (Å²) in [5.41, 5.74) is 8.31. The first-order chi connectivity index (χ1) is 8.16. The number of H-pyrrole nitrogens is 1. The van der Waals surface area contributed by atoms with E-state index in [2.05, 4.69) is 47.7 Å². The minimum Gasteiger partial charge on any atom is -0.361 e. The maximum atomic E-state index is 5.74. The van der Waals surface area contributed by atoms with Crippen molar-refractivity contribution in [3.63, 3.8) is 0 Å². The van der Waals surface area contributed by atoms with Gasteiger partial charge in [0, 0.05) is 35.7 Å². The van der Waals surface area contributed by atoms with Gasteiger partial charge < -0.3 is 16.0 Å². The van der Waals surface area contributed by atoms with Crippen LogP contribution in [0.3, 0.4) is 0 Å². The molecule has 0 radical (unpaired) electrons. The number of fused-ring (bicyclic) bond motifs is 1. The third-order valence-electron chi connectivity index (χ3n) is 2.99. The smallest absolute Gasteiger partial charge is 0.0456 e. The molecule has 2 aromatic rings. The summed E-state index contributed by atoms with van der Waals surface area (Å²) in [7, 11) is 0. The van der Waals surface area contributed by atoms with Crippen LogP contribution in [0, 0.1) is 0 Å². The maximum absolute atomic E-state index is 5.74. The molecule has 4 N–H and O–H groups in total. The number of aromatic nitrogens is 1. The van der Waals surface area contributed by atoms with E-state index in [1.165, 1.54) is 16.5 Å². The van der Waals surface area contributed by atoms with Crippen molar-refractivity contribution >= 4 is 10.9 Å². The van der Waals surface area contributed by atoms with Gasteiger partial charge in [-0.15, -0.1) is 0 Å². The molecule has 0 spiro atoms. The van der Waals surface area contributed by atoms with Crippen molar-refractivity contribution in [2.75, 3.05) is 6.54 Å². The van der Waals surface area contributed by atoms with Crippen LogP contribution < -0.4 is 11.1 Å². The van der Waals surface area contributed by atoms with Crippen LogP contribution in [0.1, 0.15) is 19.4 Å². The molecule has 2 rings (SSSR count). The molecule has 3 heteroatoms. The first kappa shape index (κ1) is 12.1. The summed E-state index contributed by atoms with van der Waals surface area (Å²) < 4.78 is 0. The molecule has 0 bridgehead atoms. The summed E-state index contributed by atoms with van der Waals surface area (Å²) in [6.45, 7) is 5.08. The monoisotopic (exact) mass is 231 g/mol. The standard InChI is InChI=1S/C14H21N3/c1-10(15)8-16-11(2)7-12-9-17-14-6-4-3-5-13(12)14/h3-6,9-11,16-17H,7-8,15H2,1-2H3. The third kappa shape index (κ3) is 3.08. The van der Waals surface area contributed by atoms with Crippen molar-refractivity contribution in [1.29, 1.82) is 0 Å². The van der Waals surface area contributed by atoms with Crippen molar-refractivity contribution in [1.82, 2.24) is 10.3 Å². The highest BCUT2D eigenvalue weighted by atomic mass is 14.9. The zero-order chi connectivity index (χ0) is 12.3. The number of hydrogen-bond donors (Lipinski definition) is 3. The van der Waals surface area contributed by atoms with Crippen LogP contribution in [0.2, 0.25) is 0 Å². The number of benzene rings is 1. The van der Waals surface area contributed by atoms with Gasteiger partial charge in [0.1, 0.15) is 0 Å². The highest BCUT2D eigenvalue weighted by Crippen LogP contribution is 2.18.